The van der Waals surface area contributed by atoms with Crippen molar-refractivity contribution in [2.24, 2.45) is 0 Å². The molecule has 0 fully saturated rings. The van der Waals surface area contributed by atoms with Crippen LogP contribution in [0.2, 0.25) is 0 Å². The van der Waals surface area contributed by atoms with Crippen molar-refractivity contribution >= 4 is 33.9 Å². The number of esters is 1. The summed E-state index contributed by atoms with van der Waals surface area (Å²) in [5.41, 5.74) is 2.19. The Bertz CT molecular complexity index is 749. The average Bonchev–Trinajstić information content (AvgIpc) is 3.02. The van der Waals surface area contributed by atoms with Crippen molar-refractivity contribution < 1.29 is 18.7 Å². The fourth-order valence-corrected chi connectivity index (χ4v) is 2.53. The van der Waals surface area contributed by atoms with Gasteiger partial charge in [0.25, 0.3) is 5.91 Å². The monoisotopic (exact) mass is 405 g/mol. The number of aryl methyl sites for hydroxylation is 1. The molecule has 1 amide bonds. The summed E-state index contributed by atoms with van der Waals surface area (Å²) in [5, 5.41) is 2.87. The summed E-state index contributed by atoms with van der Waals surface area (Å²) in [4.78, 5) is 23.6. The Morgan fingerprint density at radius 3 is 2.56 bits per heavy atom. The van der Waals surface area contributed by atoms with Crippen LogP contribution in [0.3, 0.4) is 0 Å². The van der Waals surface area contributed by atoms with Gasteiger partial charge in [0.05, 0.1) is 6.04 Å². The van der Waals surface area contributed by atoms with Crippen molar-refractivity contribution in [3.63, 3.8) is 0 Å². The van der Waals surface area contributed by atoms with E-state index in [4.69, 9.17) is 9.15 Å². The van der Waals surface area contributed by atoms with E-state index in [-0.39, 0.29) is 18.6 Å². The molecule has 0 bridgehead atoms. The van der Waals surface area contributed by atoms with Crippen molar-refractivity contribution in [2.45, 2.75) is 26.3 Å². The Kier molecular flexibility index (Phi) is 7.01. The maximum Gasteiger partial charge on any atom is 0.331 e. The summed E-state index contributed by atoms with van der Waals surface area (Å²) in [7, 11) is 0. The number of hydrogen-bond donors (Lipinski definition) is 1. The third-order valence-corrected chi connectivity index (χ3v) is 3.97. The van der Waals surface area contributed by atoms with Crippen LogP contribution in [0, 0.1) is 6.92 Å². The van der Waals surface area contributed by atoms with Gasteiger partial charge in [-0.3, -0.25) is 4.79 Å². The van der Waals surface area contributed by atoms with Gasteiger partial charge in [0.1, 0.15) is 5.76 Å². The molecule has 1 aromatic heterocycles. The summed E-state index contributed by atoms with van der Waals surface area (Å²) in [6.07, 6.45) is 3.44. The second-order valence-corrected chi connectivity index (χ2v) is 6.30. The zero-order valence-electron chi connectivity index (χ0n) is 14.1. The Hall–Kier alpha value is -2.34. The molecule has 0 aliphatic carbocycles. The molecule has 0 aliphatic rings. The Balaban J connectivity index is 1.81. The molecule has 132 valence electrons. The molecule has 0 unspecified atom stereocenters. The maximum atomic E-state index is 12.0. The van der Waals surface area contributed by atoms with E-state index in [9.17, 15) is 9.59 Å². The van der Waals surface area contributed by atoms with E-state index >= 15 is 0 Å². The summed E-state index contributed by atoms with van der Waals surface area (Å²) in [6, 6.07) is 11.3. The lowest BCUT2D eigenvalue weighted by Crippen LogP contribution is -2.32. The average molecular weight is 406 g/mol. The van der Waals surface area contributed by atoms with Crippen LogP contribution in [0.25, 0.3) is 6.08 Å². The van der Waals surface area contributed by atoms with Gasteiger partial charge in [0, 0.05) is 6.08 Å². The molecule has 6 heteroatoms. The van der Waals surface area contributed by atoms with Crippen molar-refractivity contribution in [2.75, 3.05) is 6.61 Å². The van der Waals surface area contributed by atoms with Crippen LogP contribution in [0.15, 0.2) is 51.6 Å². The smallest absolute Gasteiger partial charge is 0.331 e. The van der Waals surface area contributed by atoms with Crippen molar-refractivity contribution in [1.82, 2.24) is 5.32 Å². The highest BCUT2D eigenvalue weighted by Crippen LogP contribution is 2.17. The molecule has 5 nitrogen and oxygen atoms in total. The van der Waals surface area contributed by atoms with Crippen LogP contribution in [-0.4, -0.2) is 18.5 Å². The molecule has 0 aliphatic heterocycles. The van der Waals surface area contributed by atoms with E-state index in [0.717, 1.165) is 17.5 Å². The number of carbonyl (C=O) groups excluding carboxylic acids is 2. The number of nitrogens with one attached hydrogen (secondary N) is 1. The van der Waals surface area contributed by atoms with E-state index in [2.05, 4.69) is 21.2 Å². The van der Waals surface area contributed by atoms with Crippen LogP contribution in [-0.2, 0) is 14.3 Å². The molecule has 1 atom stereocenters. The van der Waals surface area contributed by atoms with Crippen molar-refractivity contribution in [3.05, 3.63) is 64.0 Å². The first kappa shape index (κ1) is 19.0. The zero-order valence-corrected chi connectivity index (χ0v) is 15.7. The largest absolute Gasteiger partial charge is 0.452 e. The van der Waals surface area contributed by atoms with Gasteiger partial charge in [-0.05, 0) is 53.0 Å². The van der Waals surface area contributed by atoms with Gasteiger partial charge in [-0.1, -0.05) is 36.8 Å². The Labute approximate surface area is 155 Å². The number of hydrogen-bond acceptors (Lipinski definition) is 4. The summed E-state index contributed by atoms with van der Waals surface area (Å²) >= 11 is 3.17. The van der Waals surface area contributed by atoms with E-state index in [1.807, 2.05) is 38.1 Å². The predicted octanol–water partition coefficient (Wildman–Crippen LogP) is 4.17. The highest BCUT2D eigenvalue weighted by Gasteiger charge is 2.13. The molecule has 0 spiro atoms. The normalized spacial score (nSPS) is 12.1. The van der Waals surface area contributed by atoms with Gasteiger partial charge in [-0.15, -0.1) is 0 Å². The Morgan fingerprint density at radius 2 is 1.96 bits per heavy atom. The lowest BCUT2D eigenvalue weighted by atomic mass is 10.0. The number of furan rings is 1. The lowest BCUT2D eigenvalue weighted by molar-refractivity contribution is -0.144. The standard InChI is InChI=1S/C19H20BrNO4/c1-3-16(14-6-4-13(2)5-7-14)21-18(22)12-24-19(23)11-9-15-8-10-17(20)25-15/h4-11,16H,3,12H2,1-2H3,(H,21,22)/b11-9+/t16-/m1/s1. The molecule has 0 saturated heterocycles. The van der Waals surface area contributed by atoms with Gasteiger partial charge < -0.3 is 14.5 Å². The molecule has 1 aromatic carbocycles. The van der Waals surface area contributed by atoms with Gasteiger partial charge in [0.2, 0.25) is 0 Å². The molecule has 2 rings (SSSR count). The minimum absolute atomic E-state index is 0.109. The van der Waals surface area contributed by atoms with Gasteiger partial charge in [0.15, 0.2) is 11.3 Å². The summed E-state index contributed by atoms with van der Waals surface area (Å²) in [5.74, 6) is -0.431. The number of amides is 1. The minimum atomic E-state index is -0.606. The van der Waals surface area contributed by atoms with E-state index in [0.29, 0.717) is 10.4 Å². The molecule has 1 N–H and O–H groups in total. The Morgan fingerprint density at radius 1 is 1.24 bits per heavy atom. The fourth-order valence-electron chi connectivity index (χ4n) is 2.21. The van der Waals surface area contributed by atoms with E-state index in [1.165, 1.54) is 12.2 Å². The molecular formula is C19H20BrNO4. The molecule has 25 heavy (non-hydrogen) atoms. The first-order valence-corrected chi connectivity index (χ1v) is 8.73. The van der Waals surface area contributed by atoms with Crippen LogP contribution in [0.5, 0.6) is 0 Å². The topological polar surface area (TPSA) is 68.5 Å². The van der Waals surface area contributed by atoms with E-state index in [1.54, 1.807) is 12.1 Å². The minimum Gasteiger partial charge on any atom is -0.452 e. The summed E-state index contributed by atoms with van der Waals surface area (Å²) in [6.45, 7) is 3.67. The molecule has 2 aromatic rings. The fraction of sp³-hybridized carbons (Fsp3) is 0.263. The predicted molar refractivity (Wildman–Crippen MR) is 98.8 cm³/mol. The lowest BCUT2D eigenvalue weighted by Gasteiger charge is -2.17. The molecule has 0 radical (unpaired) electrons. The first-order chi connectivity index (χ1) is 12.0. The molecule has 0 saturated carbocycles. The van der Waals surface area contributed by atoms with Gasteiger partial charge in [-0.2, -0.15) is 0 Å². The number of halogens is 1. The van der Waals surface area contributed by atoms with Crippen LogP contribution >= 0.6 is 15.9 Å². The highest BCUT2D eigenvalue weighted by molar-refractivity contribution is 9.10. The third-order valence-electron chi connectivity index (χ3n) is 3.55. The van der Waals surface area contributed by atoms with Gasteiger partial charge >= 0.3 is 5.97 Å². The van der Waals surface area contributed by atoms with Crippen molar-refractivity contribution in [3.8, 4) is 0 Å². The van der Waals surface area contributed by atoms with Crippen LogP contribution in [0.1, 0.15) is 36.3 Å². The maximum absolute atomic E-state index is 12.0. The number of benzene rings is 1. The van der Waals surface area contributed by atoms with Crippen LogP contribution in [0.4, 0.5) is 0 Å². The highest BCUT2D eigenvalue weighted by atomic mass is 79.9. The first-order valence-electron chi connectivity index (χ1n) is 7.94. The second kappa shape index (κ2) is 9.22. The second-order valence-electron chi connectivity index (χ2n) is 5.52. The number of ether oxygens (including phenoxy) is 1. The summed E-state index contributed by atoms with van der Waals surface area (Å²) < 4.78 is 10.7. The number of carbonyl (C=O) groups is 2. The number of rotatable bonds is 7. The van der Waals surface area contributed by atoms with Crippen LogP contribution < -0.4 is 5.32 Å². The SMILES string of the molecule is CC[C@@H](NC(=O)COC(=O)/C=C/c1ccc(Br)o1)c1ccc(C)cc1. The van der Waals surface area contributed by atoms with Crippen molar-refractivity contribution in [1.29, 1.82) is 0 Å². The molecule has 1 heterocycles. The van der Waals surface area contributed by atoms with E-state index < -0.39 is 5.97 Å². The molecular weight excluding hydrogens is 386 g/mol. The zero-order chi connectivity index (χ0) is 18.2. The quantitative estimate of drug-likeness (QED) is 0.554. The van der Waals surface area contributed by atoms with Gasteiger partial charge in [-0.25, -0.2) is 4.79 Å². The third kappa shape index (κ3) is 6.23.